The quantitative estimate of drug-likeness (QED) is 0.886. The molecule has 5 heteroatoms. The van der Waals surface area contributed by atoms with Crippen LogP contribution < -0.4 is 11.1 Å². The Morgan fingerprint density at radius 3 is 2.55 bits per heavy atom. The van der Waals surface area contributed by atoms with E-state index >= 15 is 0 Å². The molecule has 0 aliphatic heterocycles. The van der Waals surface area contributed by atoms with Crippen LogP contribution in [0.1, 0.15) is 21.5 Å². The number of nitrogens with two attached hydrogens (primary N) is 1. The highest BCUT2D eigenvalue weighted by Gasteiger charge is 2.21. The number of benzene rings is 2. The summed E-state index contributed by atoms with van der Waals surface area (Å²) >= 11 is 0. The fraction of sp³-hybridized carbons (Fsp3) is 0.176. The normalized spacial score (nSPS) is 11.7. The van der Waals surface area contributed by atoms with E-state index in [0.717, 1.165) is 11.1 Å². The number of aryl methyl sites for hydroxylation is 1. The lowest BCUT2D eigenvalue weighted by molar-refractivity contribution is -0.119. The summed E-state index contributed by atoms with van der Waals surface area (Å²) in [5.74, 6) is -1.96. The van der Waals surface area contributed by atoms with E-state index in [4.69, 9.17) is 5.73 Å². The van der Waals surface area contributed by atoms with Crippen molar-refractivity contribution >= 4 is 11.8 Å². The summed E-state index contributed by atoms with van der Waals surface area (Å²) in [4.78, 5) is 23.6. The molecular formula is C17H17FN2O2. The third kappa shape index (κ3) is 3.91. The second kappa shape index (κ2) is 6.85. The third-order valence-electron chi connectivity index (χ3n) is 3.29. The van der Waals surface area contributed by atoms with Gasteiger partial charge in [0.2, 0.25) is 5.91 Å². The fourth-order valence-electron chi connectivity index (χ4n) is 2.18. The van der Waals surface area contributed by atoms with Gasteiger partial charge < -0.3 is 11.1 Å². The maximum Gasteiger partial charge on any atom is 0.254 e. The number of carbonyl (C=O) groups excluding carboxylic acids is 2. The highest BCUT2D eigenvalue weighted by Crippen LogP contribution is 2.09. The first kappa shape index (κ1) is 15.7. The van der Waals surface area contributed by atoms with E-state index in [2.05, 4.69) is 5.32 Å². The number of carbonyl (C=O) groups is 2. The van der Waals surface area contributed by atoms with Gasteiger partial charge in [-0.2, -0.15) is 0 Å². The lowest BCUT2D eigenvalue weighted by atomic mass is 10.0. The van der Waals surface area contributed by atoms with Gasteiger partial charge >= 0.3 is 0 Å². The number of primary amides is 1. The van der Waals surface area contributed by atoms with E-state index in [1.54, 1.807) is 6.07 Å². The Balaban J connectivity index is 2.14. The Morgan fingerprint density at radius 2 is 1.91 bits per heavy atom. The van der Waals surface area contributed by atoms with E-state index in [1.807, 2.05) is 31.2 Å². The maximum atomic E-state index is 13.6. The zero-order valence-corrected chi connectivity index (χ0v) is 12.2. The number of halogens is 1. The lowest BCUT2D eigenvalue weighted by Gasteiger charge is -2.16. The van der Waals surface area contributed by atoms with Crippen LogP contribution in [0.15, 0.2) is 48.5 Å². The smallest absolute Gasteiger partial charge is 0.254 e. The molecule has 0 unspecified atom stereocenters. The van der Waals surface area contributed by atoms with Crippen LogP contribution >= 0.6 is 0 Å². The zero-order chi connectivity index (χ0) is 16.1. The van der Waals surface area contributed by atoms with Crippen molar-refractivity contribution in [2.75, 3.05) is 0 Å². The Hall–Kier alpha value is -2.69. The minimum Gasteiger partial charge on any atom is -0.368 e. The van der Waals surface area contributed by atoms with Crippen molar-refractivity contribution in [1.82, 2.24) is 5.32 Å². The third-order valence-corrected chi connectivity index (χ3v) is 3.29. The SMILES string of the molecule is Cc1cccc(C[C@@H](NC(=O)c2ccccc2F)C(N)=O)c1. The molecule has 2 aromatic carbocycles. The molecule has 0 saturated carbocycles. The van der Waals surface area contributed by atoms with Crippen molar-refractivity contribution in [2.45, 2.75) is 19.4 Å². The average molecular weight is 300 g/mol. The lowest BCUT2D eigenvalue weighted by Crippen LogP contribution is -2.46. The zero-order valence-electron chi connectivity index (χ0n) is 12.2. The Labute approximate surface area is 128 Å². The number of amides is 2. The molecule has 1 atom stereocenters. The largest absolute Gasteiger partial charge is 0.368 e. The summed E-state index contributed by atoms with van der Waals surface area (Å²) in [6, 6.07) is 12.2. The van der Waals surface area contributed by atoms with E-state index in [9.17, 15) is 14.0 Å². The van der Waals surface area contributed by atoms with E-state index in [-0.39, 0.29) is 12.0 Å². The van der Waals surface area contributed by atoms with E-state index in [0.29, 0.717) is 0 Å². The highest BCUT2D eigenvalue weighted by molar-refractivity contribution is 5.97. The summed E-state index contributed by atoms with van der Waals surface area (Å²) in [5, 5.41) is 2.49. The molecule has 4 nitrogen and oxygen atoms in total. The Morgan fingerprint density at radius 1 is 1.18 bits per heavy atom. The molecule has 0 saturated heterocycles. The minimum absolute atomic E-state index is 0.113. The molecule has 0 aromatic heterocycles. The van der Waals surface area contributed by atoms with Crippen molar-refractivity contribution in [1.29, 1.82) is 0 Å². The molecule has 0 bridgehead atoms. The fourth-order valence-corrected chi connectivity index (χ4v) is 2.18. The number of nitrogens with one attached hydrogen (secondary N) is 1. The number of rotatable bonds is 5. The van der Waals surface area contributed by atoms with Gasteiger partial charge in [0.15, 0.2) is 0 Å². The molecule has 0 heterocycles. The van der Waals surface area contributed by atoms with E-state index < -0.39 is 23.7 Å². The summed E-state index contributed by atoms with van der Waals surface area (Å²) in [6.45, 7) is 1.93. The van der Waals surface area contributed by atoms with Gasteiger partial charge in [0.05, 0.1) is 5.56 Å². The van der Waals surface area contributed by atoms with Crippen LogP contribution in [0.3, 0.4) is 0 Å². The second-order valence-electron chi connectivity index (χ2n) is 5.10. The molecule has 0 aliphatic carbocycles. The molecular weight excluding hydrogens is 283 g/mol. The summed E-state index contributed by atoms with van der Waals surface area (Å²) in [7, 11) is 0. The van der Waals surface area contributed by atoms with Crippen LogP contribution in [-0.2, 0) is 11.2 Å². The first-order valence-electron chi connectivity index (χ1n) is 6.87. The topological polar surface area (TPSA) is 72.2 Å². The van der Waals surface area contributed by atoms with Crippen molar-refractivity contribution in [3.63, 3.8) is 0 Å². The van der Waals surface area contributed by atoms with Gasteiger partial charge in [-0.25, -0.2) is 4.39 Å². The molecule has 22 heavy (non-hydrogen) atoms. The van der Waals surface area contributed by atoms with Crippen LogP contribution in [0.4, 0.5) is 4.39 Å². The molecule has 2 rings (SSSR count). The maximum absolute atomic E-state index is 13.6. The summed E-state index contributed by atoms with van der Waals surface area (Å²) in [6.07, 6.45) is 0.261. The molecule has 2 amide bonds. The molecule has 2 aromatic rings. The summed E-state index contributed by atoms with van der Waals surface area (Å²) in [5.41, 5.74) is 7.14. The minimum atomic E-state index is -0.895. The highest BCUT2D eigenvalue weighted by atomic mass is 19.1. The monoisotopic (exact) mass is 300 g/mol. The van der Waals surface area contributed by atoms with Gasteiger partial charge in [-0.1, -0.05) is 42.0 Å². The van der Waals surface area contributed by atoms with Gasteiger partial charge in [0.1, 0.15) is 11.9 Å². The van der Waals surface area contributed by atoms with Crippen molar-refractivity contribution in [2.24, 2.45) is 5.73 Å². The van der Waals surface area contributed by atoms with Crippen molar-refractivity contribution < 1.29 is 14.0 Å². The van der Waals surface area contributed by atoms with Crippen molar-refractivity contribution in [3.05, 3.63) is 71.0 Å². The summed E-state index contributed by atoms with van der Waals surface area (Å²) < 4.78 is 13.6. The van der Waals surface area contributed by atoms with E-state index in [1.165, 1.54) is 18.2 Å². The molecule has 114 valence electrons. The molecule has 0 aliphatic rings. The molecule has 0 fully saturated rings. The standard InChI is InChI=1S/C17H17FN2O2/c1-11-5-4-6-12(9-11)10-15(16(19)21)20-17(22)13-7-2-3-8-14(13)18/h2-9,15H,10H2,1H3,(H2,19,21)(H,20,22)/t15-/m1/s1. The molecule has 0 radical (unpaired) electrons. The first-order chi connectivity index (χ1) is 10.5. The van der Waals surface area contributed by atoms with Gasteiger partial charge in [-0.3, -0.25) is 9.59 Å². The first-order valence-corrected chi connectivity index (χ1v) is 6.87. The van der Waals surface area contributed by atoms with Crippen LogP contribution in [0.2, 0.25) is 0 Å². The molecule has 3 N–H and O–H groups in total. The van der Waals surface area contributed by atoms with Gasteiger partial charge in [-0.15, -0.1) is 0 Å². The van der Waals surface area contributed by atoms with Crippen molar-refractivity contribution in [3.8, 4) is 0 Å². The predicted octanol–water partition coefficient (Wildman–Crippen LogP) is 1.96. The van der Waals surface area contributed by atoms with Gasteiger partial charge in [-0.05, 0) is 24.6 Å². The van der Waals surface area contributed by atoms with Crippen LogP contribution in [-0.4, -0.2) is 17.9 Å². The average Bonchev–Trinajstić information content (AvgIpc) is 2.46. The number of hydrogen-bond acceptors (Lipinski definition) is 2. The van der Waals surface area contributed by atoms with Gasteiger partial charge in [0.25, 0.3) is 5.91 Å². The van der Waals surface area contributed by atoms with Crippen LogP contribution in [0, 0.1) is 12.7 Å². The van der Waals surface area contributed by atoms with Crippen LogP contribution in [0.5, 0.6) is 0 Å². The Bertz CT molecular complexity index is 701. The predicted molar refractivity (Wildman–Crippen MR) is 81.7 cm³/mol. The second-order valence-corrected chi connectivity index (χ2v) is 5.10. The van der Waals surface area contributed by atoms with Crippen LogP contribution in [0.25, 0.3) is 0 Å². The number of hydrogen-bond donors (Lipinski definition) is 2. The van der Waals surface area contributed by atoms with Gasteiger partial charge in [0, 0.05) is 6.42 Å². The molecule has 0 spiro atoms. The Kier molecular flexibility index (Phi) is 4.88.